The molecule has 1 heterocycles. The van der Waals surface area contributed by atoms with Gasteiger partial charge in [0.1, 0.15) is 5.75 Å². The number of aliphatic imine (C=N–C) groups is 1. The first kappa shape index (κ1) is 22.0. The summed E-state index contributed by atoms with van der Waals surface area (Å²) >= 11 is 0. The zero-order valence-electron chi connectivity index (χ0n) is 15.2. The van der Waals surface area contributed by atoms with Gasteiger partial charge in [-0.25, -0.2) is 0 Å². The van der Waals surface area contributed by atoms with Crippen molar-refractivity contribution in [2.24, 2.45) is 16.6 Å². The van der Waals surface area contributed by atoms with Crippen LogP contribution in [0.4, 0.5) is 0 Å². The van der Waals surface area contributed by atoms with Crippen molar-refractivity contribution < 1.29 is 9.47 Å². The number of methoxy groups -OCH3 is 2. The van der Waals surface area contributed by atoms with Crippen LogP contribution in [0.25, 0.3) is 0 Å². The number of nitrogens with one attached hydrogen (secondary N) is 1. The first-order valence-electron chi connectivity index (χ1n) is 8.59. The summed E-state index contributed by atoms with van der Waals surface area (Å²) in [7, 11) is 3.37. The Bertz CT molecular complexity index is 502. The summed E-state index contributed by atoms with van der Waals surface area (Å²) in [5.41, 5.74) is 7.18. The number of halogens is 1. The number of rotatable bonds is 8. The summed E-state index contributed by atoms with van der Waals surface area (Å²) in [6, 6.07) is 8.33. The van der Waals surface area contributed by atoms with Crippen molar-refractivity contribution in [1.82, 2.24) is 10.2 Å². The Hall–Kier alpha value is -1.06. The van der Waals surface area contributed by atoms with Gasteiger partial charge in [0.05, 0.1) is 13.7 Å². The van der Waals surface area contributed by atoms with E-state index in [9.17, 15) is 0 Å². The van der Waals surface area contributed by atoms with Gasteiger partial charge in [-0.2, -0.15) is 0 Å². The highest BCUT2D eigenvalue weighted by molar-refractivity contribution is 14.0. The van der Waals surface area contributed by atoms with E-state index in [1.54, 1.807) is 14.2 Å². The van der Waals surface area contributed by atoms with Gasteiger partial charge in [0, 0.05) is 26.7 Å². The molecule has 0 radical (unpaired) electrons. The van der Waals surface area contributed by atoms with Crippen LogP contribution in [-0.4, -0.2) is 57.9 Å². The number of guanidine groups is 1. The van der Waals surface area contributed by atoms with E-state index in [0.29, 0.717) is 25.0 Å². The predicted molar refractivity (Wildman–Crippen MR) is 113 cm³/mol. The van der Waals surface area contributed by atoms with Crippen LogP contribution in [0, 0.1) is 5.92 Å². The fraction of sp³-hybridized carbons (Fsp3) is 0.611. The lowest BCUT2D eigenvalue weighted by molar-refractivity contribution is 0.180. The second-order valence-corrected chi connectivity index (χ2v) is 6.21. The Kier molecular flexibility index (Phi) is 10.8. The van der Waals surface area contributed by atoms with Crippen LogP contribution in [0.15, 0.2) is 29.3 Å². The van der Waals surface area contributed by atoms with Gasteiger partial charge in [0.25, 0.3) is 0 Å². The molecule has 6 nitrogen and oxygen atoms in total. The third kappa shape index (κ3) is 8.24. The normalized spacial score (nSPS) is 16.3. The Morgan fingerprint density at radius 2 is 1.92 bits per heavy atom. The second-order valence-electron chi connectivity index (χ2n) is 6.21. The van der Waals surface area contributed by atoms with Gasteiger partial charge in [-0.1, -0.05) is 12.1 Å². The molecule has 1 aliphatic heterocycles. The Morgan fingerprint density at radius 3 is 2.52 bits per heavy atom. The number of likely N-dealkylation sites (tertiary alicyclic amines) is 1. The standard InChI is InChI=1S/C18H30N4O2.HI/c1-23-12-9-20-18(19)21-13-15-7-10-22(11-8-15)14-16-3-5-17(24-2)6-4-16;/h3-6,15H,7-14H2,1-2H3,(H3,19,20,21);1H. The molecular weight excluding hydrogens is 431 g/mol. The van der Waals surface area contributed by atoms with Gasteiger partial charge < -0.3 is 20.5 Å². The topological polar surface area (TPSA) is 72.1 Å². The number of nitrogens with two attached hydrogens (primary N) is 1. The summed E-state index contributed by atoms with van der Waals surface area (Å²) in [6.45, 7) is 5.38. The van der Waals surface area contributed by atoms with E-state index in [0.717, 1.165) is 31.9 Å². The molecule has 3 N–H and O–H groups in total. The predicted octanol–water partition coefficient (Wildman–Crippen LogP) is 2.08. The highest BCUT2D eigenvalue weighted by atomic mass is 127. The molecule has 1 aromatic carbocycles. The number of nitrogens with zero attached hydrogens (tertiary/aromatic N) is 2. The van der Waals surface area contributed by atoms with E-state index in [-0.39, 0.29) is 24.0 Å². The number of hydrogen-bond acceptors (Lipinski definition) is 4. The van der Waals surface area contributed by atoms with Crippen molar-refractivity contribution in [3.05, 3.63) is 29.8 Å². The van der Waals surface area contributed by atoms with E-state index in [2.05, 4.69) is 27.3 Å². The van der Waals surface area contributed by atoms with Crippen molar-refractivity contribution in [2.45, 2.75) is 19.4 Å². The summed E-state index contributed by atoms with van der Waals surface area (Å²) in [5, 5.41) is 3.06. The minimum atomic E-state index is 0. The molecule has 0 bridgehead atoms. The Morgan fingerprint density at radius 1 is 1.24 bits per heavy atom. The van der Waals surface area contributed by atoms with E-state index >= 15 is 0 Å². The molecule has 0 aliphatic carbocycles. The van der Waals surface area contributed by atoms with E-state index in [1.165, 1.54) is 18.4 Å². The van der Waals surface area contributed by atoms with Crippen molar-refractivity contribution >= 4 is 29.9 Å². The molecule has 0 spiro atoms. The first-order valence-corrected chi connectivity index (χ1v) is 8.59. The maximum absolute atomic E-state index is 5.85. The molecule has 1 aromatic rings. The minimum Gasteiger partial charge on any atom is -0.497 e. The van der Waals surface area contributed by atoms with E-state index in [1.807, 2.05) is 12.1 Å². The maximum atomic E-state index is 5.85. The summed E-state index contributed by atoms with van der Waals surface area (Å²) in [5.74, 6) is 2.06. The minimum absolute atomic E-state index is 0. The lowest BCUT2D eigenvalue weighted by atomic mass is 9.96. The molecule has 25 heavy (non-hydrogen) atoms. The van der Waals surface area contributed by atoms with Crippen LogP contribution in [0.1, 0.15) is 18.4 Å². The van der Waals surface area contributed by atoms with Crippen LogP contribution in [0.5, 0.6) is 5.75 Å². The lowest BCUT2D eigenvalue weighted by Crippen LogP contribution is -2.36. The SMILES string of the molecule is COCCNC(N)=NCC1CCN(Cc2ccc(OC)cc2)CC1.I. The zero-order chi connectivity index (χ0) is 17.2. The van der Waals surface area contributed by atoms with E-state index < -0.39 is 0 Å². The van der Waals surface area contributed by atoms with Crippen LogP contribution in [0.2, 0.25) is 0 Å². The molecule has 1 aliphatic rings. The molecule has 1 saturated heterocycles. The highest BCUT2D eigenvalue weighted by Crippen LogP contribution is 2.20. The van der Waals surface area contributed by atoms with Crippen molar-refractivity contribution in [3.8, 4) is 5.75 Å². The van der Waals surface area contributed by atoms with Crippen LogP contribution < -0.4 is 15.8 Å². The van der Waals surface area contributed by atoms with Crippen LogP contribution in [-0.2, 0) is 11.3 Å². The highest BCUT2D eigenvalue weighted by Gasteiger charge is 2.19. The van der Waals surface area contributed by atoms with Crippen molar-refractivity contribution in [2.75, 3.05) is 47.0 Å². The van der Waals surface area contributed by atoms with Gasteiger partial charge in [0.15, 0.2) is 5.96 Å². The molecule has 0 amide bonds. The Labute approximate surface area is 168 Å². The number of piperidine rings is 1. The average molecular weight is 462 g/mol. The fourth-order valence-electron chi connectivity index (χ4n) is 2.88. The molecule has 2 rings (SSSR count). The quantitative estimate of drug-likeness (QED) is 0.268. The molecular formula is C18H31IN4O2. The van der Waals surface area contributed by atoms with Crippen LogP contribution in [0.3, 0.4) is 0 Å². The monoisotopic (exact) mass is 462 g/mol. The van der Waals surface area contributed by atoms with Gasteiger partial charge in [-0.15, -0.1) is 24.0 Å². The van der Waals surface area contributed by atoms with Gasteiger partial charge in [-0.3, -0.25) is 9.89 Å². The fourth-order valence-corrected chi connectivity index (χ4v) is 2.88. The summed E-state index contributed by atoms with van der Waals surface area (Å²) in [6.07, 6.45) is 2.34. The molecule has 0 saturated carbocycles. The zero-order valence-corrected chi connectivity index (χ0v) is 17.6. The van der Waals surface area contributed by atoms with Crippen molar-refractivity contribution in [3.63, 3.8) is 0 Å². The number of hydrogen-bond donors (Lipinski definition) is 2. The third-order valence-corrected chi connectivity index (χ3v) is 4.40. The molecule has 0 aromatic heterocycles. The summed E-state index contributed by atoms with van der Waals surface area (Å²) in [4.78, 5) is 6.95. The number of ether oxygens (including phenoxy) is 2. The first-order chi connectivity index (χ1) is 11.7. The maximum Gasteiger partial charge on any atom is 0.188 e. The smallest absolute Gasteiger partial charge is 0.188 e. The van der Waals surface area contributed by atoms with Crippen molar-refractivity contribution in [1.29, 1.82) is 0 Å². The second kappa shape index (κ2) is 12.3. The van der Waals surface area contributed by atoms with Gasteiger partial charge >= 0.3 is 0 Å². The third-order valence-electron chi connectivity index (χ3n) is 4.40. The average Bonchev–Trinajstić information content (AvgIpc) is 2.62. The molecule has 1 fully saturated rings. The molecule has 0 unspecified atom stereocenters. The molecule has 7 heteroatoms. The Balaban J connectivity index is 0.00000312. The molecule has 0 atom stereocenters. The van der Waals surface area contributed by atoms with Crippen LogP contribution >= 0.6 is 24.0 Å². The lowest BCUT2D eigenvalue weighted by Gasteiger charge is -2.31. The van der Waals surface area contributed by atoms with Gasteiger partial charge in [-0.05, 0) is 49.5 Å². The molecule has 142 valence electrons. The largest absolute Gasteiger partial charge is 0.497 e. The number of benzene rings is 1. The van der Waals surface area contributed by atoms with E-state index in [4.69, 9.17) is 15.2 Å². The van der Waals surface area contributed by atoms with Gasteiger partial charge in [0.2, 0.25) is 0 Å². The summed E-state index contributed by atoms with van der Waals surface area (Å²) < 4.78 is 10.2.